The van der Waals surface area contributed by atoms with Crippen LogP contribution in [0, 0.1) is 0 Å². The molecule has 2 rings (SSSR count). The first-order valence-electron chi connectivity index (χ1n) is 4.47. The summed E-state index contributed by atoms with van der Waals surface area (Å²) in [5.41, 5.74) is 2.57. The summed E-state index contributed by atoms with van der Waals surface area (Å²) in [6.07, 6.45) is 0. The quantitative estimate of drug-likeness (QED) is 0.356. The molecule has 2 amide bonds. The lowest BCUT2D eigenvalue weighted by molar-refractivity contribution is 0.171. The fourth-order valence-electron chi connectivity index (χ4n) is 1.29. The molecule has 1 aliphatic heterocycles. The Morgan fingerprint density at radius 3 is 2.73 bits per heavy atom. The third-order valence-electron chi connectivity index (χ3n) is 1.93. The lowest BCUT2D eigenvalue weighted by atomic mass is 10.2. The van der Waals surface area contributed by atoms with Crippen molar-refractivity contribution in [2.24, 2.45) is 5.84 Å². The second kappa shape index (κ2) is 4.05. The van der Waals surface area contributed by atoms with Crippen molar-refractivity contribution in [3.05, 3.63) is 18.2 Å². The molecule has 1 aromatic carbocycles. The minimum absolute atomic E-state index is 0.480. The maximum absolute atomic E-state index is 10.9. The van der Waals surface area contributed by atoms with Gasteiger partial charge >= 0.3 is 6.03 Å². The molecule has 80 valence electrons. The molecule has 0 unspecified atom stereocenters. The van der Waals surface area contributed by atoms with Gasteiger partial charge in [-0.15, -0.1) is 0 Å². The molecule has 6 heteroatoms. The van der Waals surface area contributed by atoms with Crippen LogP contribution in [0.3, 0.4) is 0 Å². The van der Waals surface area contributed by atoms with Gasteiger partial charge in [0.1, 0.15) is 13.2 Å². The first-order chi connectivity index (χ1) is 7.29. The van der Waals surface area contributed by atoms with Gasteiger partial charge in [-0.3, -0.25) is 5.43 Å². The lowest BCUT2D eigenvalue weighted by Gasteiger charge is -2.18. The van der Waals surface area contributed by atoms with Crippen molar-refractivity contribution in [3.8, 4) is 11.5 Å². The molecule has 15 heavy (non-hydrogen) atoms. The first kappa shape index (κ1) is 9.60. The minimum Gasteiger partial charge on any atom is -0.486 e. The molecular weight excluding hydrogens is 198 g/mol. The summed E-state index contributed by atoms with van der Waals surface area (Å²) in [7, 11) is 0. The number of hydrazine groups is 1. The fourth-order valence-corrected chi connectivity index (χ4v) is 1.29. The van der Waals surface area contributed by atoms with Crippen LogP contribution in [-0.2, 0) is 0 Å². The molecule has 4 N–H and O–H groups in total. The molecule has 0 radical (unpaired) electrons. The zero-order valence-corrected chi connectivity index (χ0v) is 7.95. The number of fused-ring (bicyclic) bond motifs is 1. The van der Waals surface area contributed by atoms with E-state index in [1.165, 1.54) is 0 Å². The Kier molecular flexibility index (Phi) is 2.59. The number of carbonyl (C=O) groups is 1. The van der Waals surface area contributed by atoms with Crippen LogP contribution in [0.4, 0.5) is 10.5 Å². The van der Waals surface area contributed by atoms with E-state index in [1.54, 1.807) is 18.2 Å². The van der Waals surface area contributed by atoms with Gasteiger partial charge in [-0.25, -0.2) is 10.6 Å². The molecule has 1 heterocycles. The van der Waals surface area contributed by atoms with E-state index in [9.17, 15) is 4.79 Å². The Hall–Kier alpha value is -1.95. The molecule has 0 aromatic heterocycles. The van der Waals surface area contributed by atoms with Gasteiger partial charge in [0.15, 0.2) is 11.5 Å². The minimum atomic E-state index is -0.480. The second-order valence-corrected chi connectivity index (χ2v) is 2.96. The highest BCUT2D eigenvalue weighted by Gasteiger charge is 2.12. The summed E-state index contributed by atoms with van der Waals surface area (Å²) in [6, 6.07) is 4.65. The Labute approximate surface area is 86.3 Å². The van der Waals surface area contributed by atoms with E-state index in [0.717, 1.165) is 0 Å². The Bertz CT molecular complexity index is 381. The molecule has 0 saturated heterocycles. The third-order valence-corrected chi connectivity index (χ3v) is 1.93. The van der Waals surface area contributed by atoms with Gasteiger partial charge in [-0.05, 0) is 12.1 Å². The number of benzene rings is 1. The number of amides is 2. The molecule has 0 saturated carbocycles. The fraction of sp³-hybridized carbons (Fsp3) is 0.222. The molecule has 1 aliphatic rings. The van der Waals surface area contributed by atoms with E-state index in [1.807, 2.05) is 5.43 Å². The van der Waals surface area contributed by atoms with Gasteiger partial charge in [-0.1, -0.05) is 0 Å². The number of rotatable bonds is 1. The first-order valence-corrected chi connectivity index (χ1v) is 4.47. The Morgan fingerprint density at radius 2 is 2.00 bits per heavy atom. The van der Waals surface area contributed by atoms with Crippen molar-refractivity contribution >= 4 is 11.7 Å². The van der Waals surface area contributed by atoms with E-state index < -0.39 is 6.03 Å². The van der Waals surface area contributed by atoms with Crippen LogP contribution < -0.4 is 26.1 Å². The number of hydrogen-bond acceptors (Lipinski definition) is 4. The molecule has 0 aliphatic carbocycles. The van der Waals surface area contributed by atoms with Gasteiger partial charge < -0.3 is 14.8 Å². The molecule has 1 aromatic rings. The lowest BCUT2D eigenvalue weighted by Crippen LogP contribution is -2.34. The molecule has 0 spiro atoms. The maximum Gasteiger partial charge on any atom is 0.333 e. The summed E-state index contributed by atoms with van der Waals surface area (Å²) in [5, 5.41) is 2.53. The molecular formula is C9H11N3O3. The summed E-state index contributed by atoms with van der Waals surface area (Å²) in [6.45, 7) is 1.06. The zero-order chi connectivity index (χ0) is 10.7. The predicted octanol–water partition coefficient (Wildman–Crippen LogP) is 0.453. The number of nitrogens with two attached hydrogens (primary N) is 1. The summed E-state index contributed by atoms with van der Waals surface area (Å²) >= 11 is 0. The van der Waals surface area contributed by atoms with Crippen molar-refractivity contribution < 1.29 is 14.3 Å². The Morgan fingerprint density at radius 1 is 1.27 bits per heavy atom. The molecule has 0 atom stereocenters. The van der Waals surface area contributed by atoms with E-state index in [0.29, 0.717) is 30.4 Å². The van der Waals surface area contributed by atoms with E-state index in [-0.39, 0.29) is 0 Å². The Balaban J connectivity index is 2.17. The normalized spacial score (nSPS) is 13.1. The number of anilines is 1. The van der Waals surface area contributed by atoms with Crippen molar-refractivity contribution in [3.63, 3.8) is 0 Å². The monoisotopic (exact) mass is 209 g/mol. The van der Waals surface area contributed by atoms with Crippen molar-refractivity contribution in [2.75, 3.05) is 18.5 Å². The predicted molar refractivity (Wildman–Crippen MR) is 53.8 cm³/mol. The SMILES string of the molecule is NNC(=O)Nc1ccc2c(c1)OCCO2. The number of hydrogen-bond donors (Lipinski definition) is 3. The largest absolute Gasteiger partial charge is 0.486 e. The summed E-state index contributed by atoms with van der Waals surface area (Å²) in [5.74, 6) is 6.24. The van der Waals surface area contributed by atoms with Gasteiger partial charge in [0.25, 0.3) is 0 Å². The summed E-state index contributed by atoms with van der Waals surface area (Å²) < 4.78 is 10.7. The van der Waals surface area contributed by atoms with Crippen molar-refractivity contribution in [2.45, 2.75) is 0 Å². The van der Waals surface area contributed by atoms with Crippen LogP contribution in [0.15, 0.2) is 18.2 Å². The standard InChI is InChI=1S/C9H11N3O3/c10-12-9(13)11-6-1-2-7-8(5-6)15-4-3-14-7/h1-2,5H,3-4,10H2,(H2,11,12,13). The second-order valence-electron chi connectivity index (χ2n) is 2.96. The molecule has 0 bridgehead atoms. The van der Waals surface area contributed by atoms with Crippen LogP contribution >= 0.6 is 0 Å². The van der Waals surface area contributed by atoms with Crippen LogP contribution in [0.1, 0.15) is 0 Å². The highest BCUT2D eigenvalue weighted by atomic mass is 16.6. The number of carbonyl (C=O) groups excluding carboxylic acids is 1. The van der Waals surface area contributed by atoms with Crippen LogP contribution in [0.2, 0.25) is 0 Å². The molecule has 6 nitrogen and oxygen atoms in total. The average molecular weight is 209 g/mol. The third kappa shape index (κ3) is 2.10. The van der Waals surface area contributed by atoms with Gasteiger partial charge in [0.2, 0.25) is 0 Å². The number of nitrogens with one attached hydrogen (secondary N) is 2. The van der Waals surface area contributed by atoms with Gasteiger partial charge in [0, 0.05) is 11.8 Å². The van der Waals surface area contributed by atoms with Crippen LogP contribution in [0.5, 0.6) is 11.5 Å². The van der Waals surface area contributed by atoms with Crippen molar-refractivity contribution in [1.29, 1.82) is 0 Å². The maximum atomic E-state index is 10.9. The van der Waals surface area contributed by atoms with Gasteiger partial charge in [-0.2, -0.15) is 0 Å². The molecule has 0 fully saturated rings. The summed E-state index contributed by atoms with van der Waals surface area (Å²) in [4.78, 5) is 10.9. The average Bonchev–Trinajstić information content (AvgIpc) is 2.29. The topological polar surface area (TPSA) is 85.6 Å². The van der Waals surface area contributed by atoms with Crippen LogP contribution in [0.25, 0.3) is 0 Å². The van der Waals surface area contributed by atoms with Crippen LogP contribution in [-0.4, -0.2) is 19.2 Å². The zero-order valence-electron chi connectivity index (χ0n) is 7.95. The van der Waals surface area contributed by atoms with Gasteiger partial charge in [0.05, 0.1) is 0 Å². The smallest absolute Gasteiger partial charge is 0.333 e. The van der Waals surface area contributed by atoms with E-state index in [2.05, 4.69) is 5.32 Å². The highest BCUT2D eigenvalue weighted by molar-refractivity contribution is 5.89. The highest BCUT2D eigenvalue weighted by Crippen LogP contribution is 2.32. The van der Waals surface area contributed by atoms with Crippen molar-refractivity contribution in [1.82, 2.24) is 5.43 Å². The van der Waals surface area contributed by atoms with E-state index in [4.69, 9.17) is 15.3 Å². The number of ether oxygens (including phenoxy) is 2. The van der Waals surface area contributed by atoms with E-state index >= 15 is 0 Å². The number of urea groups is 1.